The molecule has 0 amide bonds. The fourth-order valence-electron chi connectivity index (χ4n) is 2.62. The summed E-state index contributed by atoms with van der Waals surface area (Å²) >= 11 is 12.4. The number of halogens is 2. The van der Waals surface area contributed by atoms with Gasteiger partial charge in [-0.3, -0.25) is 9.58 Å². The van der Waals surface area contributed by atoms with Crippen LogP contribution in [0.2, 0.25) is 5.02 Å². The predicted octanol–water partition coefficient (Wildman–Crippen LogP) is 3.09. The summed E-state index contributed by atoms with van der Waals surface area (Å²) in [6, 6.07) is 0. The third kappa shape index (κ3) is 3.01. The van der Waals surface area contributed by atoms with Crippen LogP contribution in [0.3, 0.4) is 0 Å². The Bertz CT molecular complexity index is 403. The smallest absolute Gasteiger partial charge is 0.0863 e. The number of hydrogen-bond acceptors (Lipinski definition) is 2. The molecule has 1 saturated heterocycles. The number of nitrogens with zero attached hydrogens (tertiary/aromatic N) is 3. The molecule has 1 aliphatic rings. The second-order valence-electron chi connectivity index (χ2n) is 5.08. The van der Waals surface area contributed by atoms with E-state index in [1.165, 1.54) is 12.8 Å². The van der Waals surface area contributed by atoms with Gasteiger partial charge in [-0.15, -0.1) is 11.6 Å². The van der Waals surface area contributed by atoms with Gasteiger partial charge in [-0.05, 0) is 31.7 Å². The largest absolute Gasteiger partial charge is 0.297 e. The third-order valence-corrected chi connectivity index (χ3v) is 4.57. The first kappa shape index (κ1) is 14.2. The fourth-order valence-corrected chi connectivity index (χ4v) is 3.23. The number of rotatable bonds is 4. The molecular formula is C13H21Cl2N3. The summed E-state index contributed by atoms with van der Waals surface area (Å²) in [5, 5.41) is 5.31. The van der Waals surface area contributed by atoms with Crippen LogP contribution in [0.1, 0.15) is 31.2 Å². The Kier molecular flexibility index (Phi) is 4.93. The lowest BCUT2D eigenvalue weighted by molar-refractivity contribution is 0.174. The molecule has 0 aromatic carbocycles. The number of aryl methyl sites for hydroxylation is 2. The second kappa shape index (κ2) is 6.27. The Morgan fingerprint density at radius 3 is 2.83 bits per heavy atom. The average molecular weight is 290 g/mol. The summed E-state index contributed by atoms with van der Waals surface area (Å²) in [6.45, 7) is 5.18. The molecule has 1 aromatic heterocycles. The molecule has 0 radical (unpaired) electrons. The average Bonchev–Trinajstić information content (AvgIpc) is 2.66. The van der Waals surface area contributed by atoms with Crippen LogP contribution in [0.4, 0.5) is 0 Å². The molecule has 102 valence electrons. The molecule has 1 aliphatic heterocycles. The molecule has 5 heteroatoms. The Morgan fingerprint density at radius 2 is 2.22 bits per heavy atom. The Labute approximate surface area is 119 Å². The molecule has 1 unspecified atom stereocenters. The topological polar surface area (TPSA) is 21.1 Å². The summed E-state index contributed by atoms with van der Waals surface area (Å²) in [5.41, 5.74) is 2.13. The van der Waals surface area contributed by atoms with E-state index in [0.29, 0.717) is 5.92 Å². The first-order valence-electron chi connectivity index (χ1n) is 6.64. The fraction of sp³-hybridized carbons (Fsp3) is 0.769. The summed E-state index contributed by atoms with van der Waals surface area (Å²) in [6.07, 6.45) is 3.36. The molecule has 18 heavy (non-hydrogen) atoms. The highest BCUT2D eigenvalue weighted by Gasteiger charge is 2.22. The van der Waals surface area contributed by atoms with E-state index < -0.39 is 0 Å². The van der Waals surface area contributed by atoms with Crippen molar-refractivity contribution in [1.29, 1.82) is 0 Å². The monoisotopic (exact) mass is 289 g/mol. The molecule has 1 atom stereocenters. The highest BCUT2D eigenvalue weighted by Crippen LogP contribution is 2.25. The van der Waals surface area contributed by atoms with Crippen molar-refractivity contribution in [1.82, 2.24) is 14.7 Å². The molecule has 0 bridgehead atoms. The molecule has 3 nitrogen and oxygen atoms in total. The van der Waals surface area contributed by atoms with Crippen LogP contribution >= 0.6 is 23.2 Å². The second-order valence-corrected chi connectivity index (χ2v) is 5.77. The lowest BCUT2D eigenvalue weighted by Gasteiger charge is -2.31. The quantitative estimate of drug-likeness (QED) is 0.795. The van der Waals surface area contributed by atoms with Gasteiger partial charge in [0.05, 0.1) is 16.4 Å². The van der Waals surface area contributed by atoms with Gasteiger partial charge in [0.1, 0.15) is 0 Å². The minimum Gasteiger partial charge on any atom is -0.297 e. The maximum atomic E-state index is 6.38. The first-order chi connectivity index (χ1) is 8.65. The normalized spacial score (nSPS) is 21.4. The van der Waals surface area contributed by atoms with E-state index in [-0.39, 0.29) is 0 Å². The molecular weight excluding hydrogens is 269 g/mol. The number of alkyl halides is 1. The number of hydrogen-bond donors (Lipinski definition) is 0. The molecule has 1 aromatic rings. The van der Waals surface area contributed by atoms with Crippen LogP contribution in [0.15, 0.2) is 0 Å². The zero-order chi connectivity index (χ0) is 13.1. The SMILES string of the molecule is CCc1nn(C)c(CN2CCCC(CCl)C2)c1Cl. The Hall–Kier alpha value is -0.250. The van der Waals surface area contributed by atoms with E-state index >= 15 is 0 Å². The molecule has 0 aliphatic carbocycles. The van der Waals surface area contributed by atoms with E-state index in [1.54, 1.807) is 0 Å². The minimum absolute atomic E-state index is 0.623. The Morgan fingerprint density at radius 1 is 1.44 bits per heavy atom. The third-order valence-electron chi connectivity index (χ3n) is 3.70. The summed E-state index contributed by atoms with van der Waals surface area (Å²) < 4.78 is 1.92. The van der Waals surface area contributed by atoms with Crippen LogP contribution in [0.25, 0.3) is 0 Å². The standard InChI is InChI=1S/C13H21Cl2N3/c1-3-11-13(15)12(17(2)16-11)9-18-6-4-5-10(7-14)8-18/h10H,3-9H2,1-2H3. The van der Waals surface area contributed by atoms with Crippen molar-refractivity contribution in [3.63, 3.8) is 0 Å². The Balaban J connectivity index is 2.07. The maximum absolute atomic E-state index is 6.38. The highest BCUT2D eigenvalue weighted by atomic mass is 35.5. The number of aromatic nitrogens is 2. The number of likely N-dealkylation sites (tertiary alicyclic amines) is 1. The van der Waals surface area contributed by atoms with Gasteiger partial charge >= 0.3 is 0 Å². The predicted molar refractivity (Wildman–Crippen MR) is 76.3 cm³/mol. The van der Waals surface area contributed by atoms with Crippen LogP contribution in [-0.4, -0.2) is 33.6 Å². The zero-order valence-electron chi connectivity index (χ0n) is 11.1. The van der Waals surface area contributed by atoms with E-state index in [2.05, 4.69) is 16.9 Å². The van der Waals surface area contributed by atoms with Crippen molar-refractivity contribution >= 4 is 23.2 Å². The summed E-state index contributed by atoms with van der Waals surface area (Å²) in [5.74, 6) is 1.38. The minimum atomic E-state index is 0.623. The van der Waals surface area contributed by atoms with Crippen molar-refractivity contribution in [3.8, 4) is 0 Å². The molecule has 0 N–H and O–H groups in total. The van der Waals surface area contributed by atoms with Gasteiger partial charge in [-0.25, -0.2) is 0 Å². The van der Waals surface area contributed by atoms with Gasteiger partial charge < -0.3 is 0 Å². The van der Waals surface area contributed by atoms with Gasteiger partial charge in [0.2, 0.25) is 0 Å². The van der Waals surface area contributed by atoms with Crippen LogP contribution in [-0.2, 0) is 20.0 Å². The van der Waals surface area contributed by atoms with Crippen molar-refractivity contribution in [3.05, 3.63) is 16.4 Å². The molecule has 0 spiro atoms. The lowest BCUT2D eigenvalue weighted by atomic mass is 10.00. The lowest BCUT2D eigenvalue weighted by Crippen LogP contribution is -2.36. The van der Waals surface area contributed by atoms with Crippen LogP contribution in [0, 0.1) is 5.92 Å². The van der Waals surface area contributed by atoms with Crippen molar-refractivity contribution in [2.24, 2.45) is 13.0 Å². The van der Waals surface area contributed by atoms with Gasteiger partial charge in [-0.1, -0.05) is 18.5 Å². The molecule has 2 heterocycles. The van der Waals surface area contributed by atoms with Gasteiger partial charge in [0, 0.05) is 26.0 Å². The van der Waals surface area contributed by atoms with Gasteiger partial charge in [0.15, 0.2) is 0 Å². The highest BCUT2D eigenvalue weighted by molar-refractivity contribution is 6.31. The van der Waals surface area contributed by atoms with E-state index in [0.717, 1.165) is 48.3 Å². The molecule has 2 rings (SSSR count). The summed E-state index contributed by atoms with van der Waals surface area (Å²) in [7, 11) is 1.98. The van der Waals surface area contributed by atoms with Crippen molar-refractivity contribution in [2.75, 3.05) is 19.0 Å². The van der Waals surface area contributed by atoms with E-state index in [9.17, 15) is 0 Å². The first-order valence-corrected chi connectivity index (χ1v) is 7.55. The number of piperidine rings is 1. The van der Waals surface area contributed by atoms with Gasteiger partial charge in [0.25, 0.3) is 0 Å². The van der Waals surface area contributed by atoms with E-state index in [1.807, 2.05) is 11.7 Å². The van der Waals surface area contributed by atoms with Crippen LogP contribution in [0.5, 0.6) is 0 Å². The van der Waals surface area contributed by atoms with Gasteiger partial charge in [-0.2, -0.15) is 5.10 Å². The molecule has 0 saturated carbocycles. The van der Waals surface area contributed by atoms with Crippen LogP contribution < -0.4 is 0 Å². The maximum Gasteiger partial charge on any atom is 0.0863 e. The summed E-state index contributed by atoms with van der Waals surface area (Å²) in [4.78, 5) is 2.44. The van der Waals surface area contributed by atoms with Crippen molar-refractivity contribution in [2.45, 2.75) is 32.7 Å². The van der Waals surface area contributed by atoms with E-state index in [4.69, 9.17) is 23.2 Å². The molecule has 1 fully saturated rings. The zero-order valence-corrected chi connectivity index (χ0v) is 12.6. The van der Waals surface area contributed by atoms with Crippen molar-refractivity contribution < 1.29 is 0 Å².